The minimum atomic E-state index is 0.127. The predicted molar refractivity (Wildman–Crippen MR) is 69.6 cm³/mol. The molecule has 0 saturated carbocycles. The van der Waals surface area contributed by atoms with E-state index in [4.69, 9.17) is 10.5 Å². The van der Waals surface area contributed by atoms with Crippen molar-refractivity contribution in [3.63, 3.8) is 0 Å². The van der Waals surface area contributed by atoms with Crippen molar-refractivity contribution in [1.82, 2.24) is 0 Å². The second-order valence-electron chi connectivity index (χ2n) is 4.05. The van der Waals surface area contributed by atoms with Crippen molar-refractivity contribution in [3.8, 4) is 0 Å². The fourth-order valence-corrected chi connectivity index (χ4v) is 2.37. The Hall–Kier alpha value is -0.130. The van der Waals surface area contributed by atoms with Crippen LogP contribution in [0.25, 0.3) is 0 Å². The molecule has 0 aliphatic carbocycles. The van der Waals surface area contributed by atoms with E-state index in [1.54, 1.807) is 0 Å². The maximum absolute atomic E-state index is 6.24. The van der Waals surface area contributed by atoms with Crippen LogP contribution in [0.5, 0.6) is 0 Å². The van der Waals surface area contributed by atoms with Crippen LogP contribution in [0.1, 0.15) is 24.4 Å². The Morgan fingerprint density at radius 1 is 1.33 bits per heavy atom. The molecule has 1 aromatic carbocycles. The molecule has 0 aromatic heterocycles. The highest BCUT2D eigenvalue weighted by molar-refractivity contribution is 14.1. The average Bonchev–Trinajstić information content (AvgIpc) is 2.30. The van der Waals surface area contributed by atoms with Gasteiger partial charge in [0.2, 0.25) is 0 Å². The number of hydrogen-bond donors (Lipinski definition) is 1. The van der Waals surface area contributed by atoms with Gasteiger partial charge in [0.25, 0.3) is 0 Å². The van der Waals surface area contributed by atoms with Crippen molar-refractivity contribution in [2.75, 3.05) is 13.2 Å². The SMILES string of the molecule is NC(c1ccc(I)cc1)C1CCCOC1. The van der Waals surface area contributed by atoms with Gasteiger partial charge in [-0.3, -0.25) is 0 Å². The van der Waals surface area contributed by atoms with Crippen LogP contribution in [-0.2, 0) is 4.74 Å². The Morgan fingerprint density at radius 3 is 2.67 bits per heavy atom. The smallest absolute Gasteiger partial charge is 0.0512 e. The first kappa shape index (κ1) is 11.4. The lowest BCUT2D eigenvalue weighted by Crippen LogP contribution is -2.28. The molecule has 3 heteroatoms. The summed E-state index contributed by atoms with van der Waals surface area (Å²) in [6, 6.07) is 8.60. The Kier molecular flexibility index (Phi) is 3.99. The van der Waals surface area contributed by atoms with E-state index in [0.29, 0.717) is 5.92 Å². The van der Waals surface area contributed by atoms with Crippen LogP contribution in [0, 0.1) is 9.49 Å². The third-order valence-corrected chi connectivity index (χ3v) is 3.68. The van der Waals surface area contributed by atoms with E-state index in [1.807, 2.05) is 0 Å². The molecule has 2 N–H and O–H groups in total. The quantitative estimate of drug-likeness (QED) is 0.851. The first-order chi connectivity index (χ1) is 7.27. The lowest BCUT2D eigenvalue weighted by atomic mass is 9.89. The van der Waals surface area contributed by atoms with Gasteiger partial charge in [-0.15, -0.1) is 0 Å². The largest absolute Gasteiger partial charge is 0.381 e. The van der Waals surface area contributed by atoms with E-state index in [9.17, 15) is 0 Å². The van der Waals surface area contributed by atoms with E-state index in [1.165, 1.54) is 15.6 Å². The number of rotatable bonds is 2. The summed E-state index contributed by atoms with van der Waals surface area (Å²) in [6.07, 6.45) is 2.33. The highest BCUT2D eigenvalue weighted by Gasteiger charge is 2.22. The van der Waals surface area contributed by atoms with Crippen LogP contribution >= 0.6 is 22.6 Å². The summed E-state index contributed by atoms with van der Waals surface area (Å²) in [5, 5.41) is 0. The molecule has 0 radical (unpaired) electrons. The number of hydrogen-bond acceptors (Lipinski definition) is 2. The zero-order valence-corrected chi connectivity index (χ0v) is 10.8. The van der Waals surface area contributed by atoms with E-state index in [-0.39, 0.29) is 6.04 Å². The van der Waals surface area contributed by atoms with Crippen molar-refractivity contribution < 1.29 is 4.74 Å². The summed E-state index contributed by atoms with van der Waals surface area (Å²) in [5.74, 6) is 0.485. The zero-order valence-electron chi connectivity index (χ0n) is 8.66. The van der Waals surface area contributed by atoms with Gasteiger partial charge in [0.05, 0.1) is 6.61 Å². The highest BCUT2D eigenvalue weighted by atomic mass is 127. The molecule has 1 heterocycles. The van der Waals surface area contributed by atoms with Gasteiger partial charge in [0.15, 0.2) is 0 Å². The summed E-state index contributed by atoms with van der Waals surface area (Å²) in [5.41, 5.74) is 7.47. The minimum absolute atomic E-state index is 0.127. The van der Waals surface area contributed by atoms with Gasteiger partial charge in [0.1, 0.15) is 0 Å². The normalized spacial score (nSPS) is 23.7. The Morgan fingerprint density at radius 2 is 2.07 bits per heavy atom. The molecule has 15 heavy (non-hydrogen) atoms. The number of benzene rings is 1. The molecule has 0 bridgehead atoms. The molecule has 1 saturated heterocycles. The van der Waals surface area contributed by atoms with Crippen LogP contribution in [0.2, 0.25) is 0 Å². The summed E-state index contributed by atoms with van der Waals surface area (Å²) >= 11 is 2.31. The van der Waals surface area contributed by atoms with Crippen LogP contribution in [0.15, 0.2) is 24.3 Å². The van der Waals surface area contributed by atoms with Crippen LogP contribution in [0.3, 0.4) is 0 Å². The molecule has 1 fully saturated rings. The van der Waals surface area contributed by atoms with Gasteiger partial charge in [-0.2, -0.15) is 0 Å². The fraction of sp³-hybridized carbons (Fsp3) is 0.500. The summed E-state index contributed by atoms with van der Waals surface area (Å²) < 4.78 is 6.72. The molecular formula is C12H16INO. The van der Waals surface area contributed by atoms with E-state index >= 15 is 0 Å². The Labute approximate surface area is 104 Å². The third-order valence-electron chi connectivity index (χ3n) is 2.96. The maximum Gasteiger partial charge on any atom is 0.0512 e. The first-order valence-corrected chi connectivity index (χ1v) is 6.44. The third kappa shape index (κ3) is 2.92. The lowest BCUT2D eigenvalue weighted by Gasteiger charge is -2.27. The molecule has 1 aliphatic rings. The van der Waals surface area contributed by atoms with Gasteiger partial charge in [-0.1, -0.05) is 12.1 Å². The molecule has 2 rings (SSSR count). The van der Waals surface area contributed by atoms with Crippen molar-refractivity contribution in [1.29, 1.82) is 0 Å². The number of nitrogens with two attached hydrogens (primary N) is 1. The maximum atomic E-state index is 6.24. The number of halogens is 1. The topological polar surface area (TPSA) is 35.2 Å². The van der Waals surface area contributed by atoms with Gasteiger partial charge in [0, 0.05) is 22.1 Å². The van der Waals surface area contributed by atoms with Crippen molar-refractivity contribution in [2.24, 2.45) is 11.7 Å². The Bertz CT molecular complexity index is 306. The summed E-state index contributed by atoms with van der Waals surface area (Å²) in [7, 11) is 0. The Balaban J connectivity index is 2.05. The zero-order chi connectivity index (χ0) is 10.7. The van der Waals surface area contributed by atoms with Crippen molar-refractivity contribution in [3.05, 3.63) is 33.4 Å². The predicted octanol–water partition coefficient (Wildman–Crippen LogP) is 2.72. The molecule has 82 valence electrons. The van der Waals surface area contributed by atoms with Gasteiger partial charge in [-0.05, 0) is 53.1 Å². The van der Waals surface area contributed by atoms with Crippen LogP contribution < -0.4 is 5.73 Å². The molecular weight excluding hydrogens is 301 g/mol. The second-order valence-corrected chi connectivity index (χ2v) is 5.30. The number of ether oxygens (including phenoxy) is 1. The van der Waals surface area contributed by atoms with Crippen molar-refractivity contribution >= 4 is 22.6 Å². The van der Waals surface area contributed by atoms with Crippen LogP contribution in [0.4, 0.5) is 0 Å². The standard InChI is InChI=1S/C12H16INO/c13-11-5-3-9(4-6-11)12(14)10-2-1-7-15-8-10/h3-6,10,12H,1-2,7-8,14H2. The van der Waals surface area contributed by atoms with E-state index in [2.05, 4.69) is 46.9 Å². The minimum Gasteiger partial charge on any atom is -0.381 e. The molecule has 1 aliphatic heterocycles. The first-order valence-electron chi connectivity index (χ1n) is 5.36. The monoisotopic (exact) mass is 317 g/mol. The molecule has 1 aromatic rings. The van der Waals surface area contributed by atoms with E-state index < -0.39 is 0 Å². The molecule has 0 amide bonds. The average molecular weight is 317 g/mol. The molecule has 2 unspecified atom stereocenters. The second kappa shape index (κ2) is 5.27. The molecule has 2 nitrogen and oxygen atoms in total. The van der Waals surface area contributed by atoms with Gasteiger partial charge in [-0.25, -0.2) is 0 Å². The lowest BCUT2D eigenvalue weighted by molar-refractivity contribution is 0.0448. The highest BCUT2D eigenvalue weighted by Crippen LogP contribution is 2.26. The summed E-state index contributed by atoms with van der Waals surface area (Å²) in [4.78, 5) is 0. The fourth-order valence-electron chi connectivity index (χ4n) is 2.01. The van der Waals surface area contributed by atoms with Gasteiger partial charge < -0.3 is 10.5 Å². The van der Waals surface area contributed by atoms with Gasteiger partial charge >= 0.3 is 0 Å². The molecule has 2 atom stereocenters. The van der Waals surface area contributed by atoms with Crippen LogP contribution in [-0.4, -0.2) is 13.2 Å². The van der Waals surface area contributed by atoms with E-state index in [0.717, 1.165) is 19.6 Å². The summed E-state index contributed by atoms with van der Waals surface area (Å²) in [6.45, 7) is 1.71. The van der Waals surface area contributed by atoms with Crippen molar-refractivity contribution in [2.45, 2.75) is 18.9 Å². The molecule has 0 spiro atoms.